The Hall–Kier alpha value is -0.760. The molecule has 0 spiro atoms. The first kappa shape index (κ1) is 8.82. The number of aromatic nitrogens is 1. The van der Waals surface area contributed by atoms with E-state index in [0.29, 0.717) is 5.88 Å². The van der Waals surface area contributed by atoms with Gasteiger partial charge in [-0.2, -0.15) is 0 Å². The molecule has 1 saturated carbocycles. The summed E-state index contributed by atoms with van der Waals surface area (Å²) in [6.45, 7) is 0.815. The summed E-state index contributed by atoms with van der Waals surface area (Å²) in [6, 6.07) is 1.90. The molecule has 0 unspecified atom stereocenters. The standard InChI is InChI=1S/C10H12ClNO/c11-5-9-3-4-12-6-10(9)13-7-8-1-2-8/h3-4,6,8H,1-2,5,7H2. The van der Waals surface area contributed by atoms with Crippen molar-refractivity contribution in [1.82, 2.24) is 4.98 Å². The van der Waals surface area contributed by atoms with Gasteiger partial charge in [0.05, 0.1) is 18.7 Å². The second kappa shape index (κ2) is 3.97. The molecule has 1 heterocycles. The fourth-order valence-electron chi connectivity index (χ4n) is 1.14. The van der Waals surface area contributed by atoms with Gasteiger partial charge in [-0.25, -0.2) is 0 Å². The first-order valence-electron chi connectivity index (χ1n) is 4.52. The van der Waals surface area contributed by atoms with Crippen LogP contribution in [-0.2, 0) is 5.88 Å². The maximum atomic E-state index is 5.76. The Balaban J connectivity index is 1.99. The summed E-state index contributed by atoms with van der Waals surface area (Å²) in [4.78, 5) is 4.01. The molecule has 1 fully saturated rings. The zero-order chi connectivity index (χ0) is 9.10. The molecule has 0 bridgehead atoms. The van der Waals surface area contributed by atoms with Crippen LogP contribution in [0, 0.1) is 5.92 Å². The predicted octanol–water partition coefficient (Wildman–Crippen LogP) is 2.61. The fourth-order valence-corrected chi connectivity index (χ4v) is 1.36. The van der Waals surface area contributed by atoms with Crippen molar-refractivity contribution in [3.63, 3.8) is 0 Å². The zero-order valence-electron chi connectivity index (χ0n) is 7.37. The summed E-state index contributed by atoms with van der Waals surface area (Å²) in [7, 11) is 0. The number of pyridine rings is 1. The van der Waals surface area contributed by atoms with Crippen LogP contribution in [0.5, 0.6) is 5.75 Å². The van der Waals surface area contributed by atoms with Gasteiger partial charge in [-0.3, -0.25) is 4.98 Å². The van der Waals surface area contributed by atoms with Crippen LogP contribution in [0.1, 0.15) is 18.4 Å². The van der Waals surface area contributed by atoms with E-state index in [9.17, 15) is 0 Å². The Morgan fingerprint density at radius 1 is 1.54 bits per heavy atom. The highest BCUT2D eigenvalue weighted by Crippen LogP contribution is 2.30. The largest absolute Gasteiger partial charge is 0.491 e. The highest BCUT2D eigenvalue weighted by molar-refractivity contribution is 6.17. The van der Waals surface area contributed by atoms with Crippen molar-refractivity contribution in [2.45, 2.75) is 18.7 Å². The highest BCUT2D eigenvalue weighted by atomic mass is 35.5. The number of alkyl halides is 1. The number of halogens is 1. The second-order valence-electron chi connectivity index (χ2n) is 3.37. The van der Waals surface area contributed by atoms with Crippen LogP contribution < -0.4 is 4.74 Å². The molecule has 1 aliphatic carbocycles. The molecule has 0 amide bonds. The van der Waals surface area contributed by atoms with Crippen LogP contribution in [0.2, 0.25) is 0 Å². The smallest absolute Gasteiger partial charge is 0.141 e. The van der Waals surface area contributed by atoms with Crippen LogP contribution in [0.3, 0.4) is 0 Å². The minimum absolute atomic E-state index is 0.489. The van der Waals surface area contributed by atoms with E-state index >= 15 is 0 Å². The third-order valence-electron chi connectivity index (χ3n) is 2.19. The van der Waals surface area contributed by atoms with Gasteiger partial charge in [0.25, 0.3) is 0 Å². The quantitative estimate of drug-likeness (QED) is 0.693. The first-order valence-corrected chi connectivity index (χ1v) is 5.05. The highest BCUT2D eigenvalue weighted by Gasteiger charge is 2.22. The van der Waals surface area contributed by atoms with E-state index in [1.165, 1.54) is 12.8 Å². The Morgan fingerprint density at radius 2 is 2.38 bits per heavy atom. The zero-order valence-corrected chi connectivity index (χ0v) is 8.13. The predicted molar refractivity (Wildman–Crippen MR) is 52.0 cm³/mol. The molecule has 70 valence electrons. The molecule has 2 nitrogen and oxygen atoms in total. The van der Waals surface area contributed by atoms with Crippen molar-refractivity contribution in [3.05, 3.63) is 24.0 Å². The van der Waals surface area contributed by atoms with Gasteiger partial charge in [0, 0.05) is 11.8 Å². The maximum Gasteiger partial charge on any atom is 0.141 e. The molecule has 0 aromatic carbocycles. The van der Waals surface area contributed by atoms with Crippen LogP contribution >= 0.6 is 11.6 Å². The molecule has 0 aliphatic heterocycles. The van der Waals surface area contributed by atoms with E-state index in [1.807, 2.05) is 6.07 Å². The molecule has 1 aliphatic rings. The maximum absolute atomic E-state index is 5.76. The normalized spacial score (nSPS) is 15.8. The number of rotatable bonds is 4. The van der Waals surface area contributed by atoms with Gasteiger partial charge in [-0.05, 0) is 24.8 Å². The summed E-state index contributed by atoms with van der Waals surface area (Å²) < 4.78 is 5.60. The van der Waals surface area contributed by atoms with Crippen molar-refractivity contribution in [1.29, 1.82) is 0 Å². The average Bonchev–Trinajstić information content (AvgIpc) is 2.99. The SMILES string of the molecule is ClCc1ccncc1OCC1CC1. The summed E-state index contributed by atoms with van der Waals surface area (Å²) in [5, 5.41) is 0. The van der Waals surface area contributed by atoms with Gasteiger partial charge in [-0.1, -0.05) is 0 Å². The molecular weight excluding hydrogens is 186 g/mol. The Kier molecular flexibility index (Phi) is 2.69. The summed E-state index contributed by atoms with van der Waals surface area (Å²) in [5.41, 5.74) is 1.03. The lowest BCUT2D eigenvalue weighted by Crippen LogP contribution is -2.01. The number of hydrogen-bond donors (Lipinski definition) is 0. The van der Waals surface area contributed by atoms with Gasteiger partial charge in [0.1, 0.15) is 5.75 Å². The number of hydrogen-bond acceptors (Lipinski definition) is 2. The van der Waals surface area contributed by atoms with Gasteiger partial charge >= 0.3 is 0 Å². The van der Waals surface area contributed by atoms with E-state index < -0.39 is 0 Å². The van der Waals surface area contributed by atoms with Crippen LogP contribution in [0.4, 0.5) is 0 Å². The Labute approximate surface area is 82.9 Å². The van der Waals surface area contributed by atoms with Crippen LogP contribution in [0.15, 0.2) is 18.5 Å². The third kappa shape index (κ3) is 2.34. The van der Waals surface area contributed by atoms with Gasteiger partial charge in [0.2, 0.25) is 0 Å². The third-order valence-corrected chi connectivity index (χ3v) is 2.47. The molecule has 0 atom stereocenters. The molecule has 0 saturated heterocycles. The lowest BCUT2D eigenvalue weighted by Gasteiger charge is -2.07. The minimum Gasteiger partial charge on any atom is -0.491 e. The van der Waals surface area contributed by atoms with E-state index in [1.54, 1.807) is 12.4 Å². The van der Waals surface area contributed by atoms with E-state index in [0.717, 1.165) is 23.8 Å². The average molecular weight is 198 g/mol. The van der Waals surface area contributed by atoms with Crippen molar-refractivity contribution in [2.75, 3.05) is 6.61 Å². The summed E-state index contributed by atoms with van der Waals surface area (Å²) >= 11 is 5.76. The van der Waals surface area contributed by atoms with Crippen LogP contribution in [-0.4, -0.2) is 11.6 Å². The fraction of sp³-hybridized carbons (Fsp3) is 0.500. The lowest BCUT2D eigenvalue weighted by molar-refractivity contribution is 0.296. The Bertz CT molecular complexity index is 286. The molecule has 0 radical (unpaired) electrons. The van der Waals surface area contributed by atoms with E-state index in [-0.39, 0.29) is 0 Å². The molecule has 1 aromatic rings. The van der Waals surface area contributed by atoms with Crippen LogP contribution in [0.25, 0.3) is 0 Å². The molecule has 3 heteroatoms. The molecule has 0 N–H and O–H groups in total. The monoisotopic (exact) mass is 197 g/mol. The van der Waals surface area contributed by atoms with Crippen molar-refractivity contribution < 1.29 is 4.74 Å². The molecule has 2 rings (SSSR count). The number of ether oxygens (including phenoxy) is 1. The van der Waals surface area contributed by atoms with Crippen molar-refractivity contribution in [2.24, 2.45) is 5.92 Å². The Morgan fingerprint density at radius 3 is 3.08 bits per heavy atom. The number of nitrogens with zero attached hydrogens (tertiary/aromatic N) is 1. The second-order valence-corrected chi connectivity index (χ2v) is 3.64. The minimum atomic E-state index is 0.489. The van der Waals surface area contributed by atoms with E-state index in [2.05, 4.69) is 4.98 Å². The molecule has 1 aromatic heterocycles. The lowest BCUT2D eigenvalue weighted by atomic mass is 10.3. The molecule has 13 heavy (non-hydrogen) atoms. The molecular formula is C10H12ClNO. The van der Waals surface area contributed by atoms with Gasteiger partial charge in [-0.15, -0.1) is 11.6 Å². The van der Waals surface area contributed by atoms with Gasteiger partial charge in [0.15, 0.2) is 0 Å². The summed E-state index contributed by atoms with van der Waals surface area (Å²) in [6.07, 6.45) is 6.08. The topological polar surface area (TPSA) is 22.1 Å². The summed E-state index contributed by atoms with van der Waals surface area (Å²) in [5.74, 6) is 2.09. The van der Waals surface area contributed by atoms with Crippen molar-refractivity contribution >= 4 is 11.6 Å². The van der Waals surface area contributed by atoms with Gasteiger partial charge < -0.3 is 4.74 Å². The van der Waals surface area contributed by atoms with E-state index in [4.69, 9.17) is 16.3 Å². The first-order chi connectivity index (χ1) is 6.40. The van der Waals surface area contributed by atoms with Crippen molar-refractivity contribution in [3.8, 4) is 5.75 Å².